The van der Waals surface area contributed by atoms with Crippen molar-refractivity contribution in [1.29, 1.82) is 0 Å². The molecule has 0 saturated heterocycles. The van der Waals surface area contributed by atoms with Crippen LogP contribution in [0, 0.1) is 0 Å². The summed E-state index contributed by atoms with van der Waals surface area (Å²) >= 11 is 1.86. The highest BCUT2D eigenvalue weighted by atomic mass is 32.2. The van der Waals surface area contributed by atoms with Gasteiger partial charge in [0.15, 0.2) is 0 Å². The van der Waals surface area contributed by atoms with Gasteiger partial charge in [0.2, 0.25) is 5.91 Å². The first-order chi connectivity index (χ1) is 9.11. The maximum atomic E-state index is 12.3. The van der Waals surface area contributed by atoms with Crippen molar-refractivity contribution < 1.29 is 9.90 Å². The number of phenols is 1. The van der Waals surface area contributed by atoms with E-state index < -0.39 is 0 Å². The summed E-state index contributed by atoms with van der Waals surface area (Å²) in [6.45, 7) is 0. The Morgan fingerprint density at radius 1 is 1.47 bits per heavy atom. The van der Waals surface area contributed by atoms with Crippen molar-refractivity contribution in [3.8, 4) is 5.75 Å². The van der Waals surface area contributed by atoms with Gasteiger partial charge in [-0.15, -0.1) is 0 Å². The Labute approximate surface area is 119 Å². The minimum atomic E-state index is 0.136. The molecule has 1 aliphatic carbocycles. The van der Waals surface area contributed by atoms with Crippen LogP contribution < -0.4 is 0 Å². The molecule has 2 atom stereocenters. The highest BCUT2D eigenvalue weighted by Gasteiger charge is 2.31. The van der Waals surface area contributed by atoms with E-state index >= 15 is 0 Å². The lowest BCUT2D eigenvalue weighted by atomic mass is 10.1. The zero-order valence-electron chi connectivity index (χ0n) is 11.5. The van der Waals surface area contributed by atoms with E-state index in [1.165, 1.54) is 12.8 Å². The summed E-state index contributed by atoms with van der Waals surface area (Å²) in [4.78, 5) is 14.2. The average Bonchev–Trinajstić information content (AvgIpc) is 2.86. The summed E-state index contributed by atoms with van der Waals surface area (Å²) in [5.41, 5.74) is 0.871. The summed E-state index contributed by atoms with van der Waals surface area (Å²) in [5, 5.41) is 10.00. The number of benzene rings is 1. The van der Waals surface area contributed by atoms with Crippen LogP contribution in [-0.4, -0.2) is 40.5 Å². The zero-order valence-corrected chi connectivity index (χ0v) is 12.3. The molecule has 0 spiro atoms. The topological polar surface area (TPSA) is 40.5 Å². The molecule has 1 N–H and O–H groups in total. The SMILES string of the molecule is CS[C@@H]1CCC[C@H]1N(C)C(=O)Cc1cccc(O)c1. The Balaban J connectivity index is 1.99. The number of hydrogen-bond donors (Lipinski definition) is 1. The Morgan fingerprint density at radius 3 is 2.95 bits per heavy atom. The number of carbonyl (C=O) groups is 1. The quantitative estimate of drug-likeness (QED) is 0.921. The van der Waals surface area contributed by atoms with Gasteiger partial charge in [0.25, 0.3) is 0 Å². The summed E-state index contributed by atoms with van der Waals surface area (Å²) in [5.74, 6) is 0.354. The second-order valence-electron chi connectivity index (χ2n) is 5.12. The predicted molar refractivity (Wildman–Crippen MR) is 79.5 cm³/mol. The van der Waals surface area contributed by atoms with Gasteiger partial charge in [0.1, 0.15) is 5.75 Å². The van der Waals surface area contributed by atoms with Crippen LogP contribution in [0.3, 0.4) is 0 Å². The summed E-state index contributed by atoms with van der Waals surface area (Å²) in [7, 11) is 1.91. The number of phenolic OH excluding ortho intramolecular Hbond substituents is 1. The minimum absolute atomic E-state index is 0.136. The normalized spacial score (nSPS) is 22.4. The number of rotatable bonds is 4. The maximum Gasteiger partial charge on any atom is 0.227 e. The molecular formula is C15H21NO2S. The van der Waals surface area contributed by atoms with Gasteiger partial charge in [0.05, 0.1) is 6.42 Å². The molecule has 0 heterocycles. The van der Waals surface area contributed by atoms with Gasteiger partial charge in [-0.25, -0.2) is 0 Å². The third-order valence-electron chi connectivity index (χ3n) is 3.88. The molecule has 104 valence electrons. The lowest BCUT2D eigenvalue weighted by Gasteiger charge is -2.29. The van der Waals surface area contributed by atoms with Crippen LogP contribution in [0.1, 0.15) is 24.8 Å². The molecule has 1 saturated carbocycles. The molecule has 1 aromatic rings. The Kier molecular flexibility index (Phi) is 4.75. The lowest BCUT2D eigenvalue weighted by molar-refractivity contribution is -0.131. The van der Waals surface area contributed by atoms with Gasteiger partial charge in [-0.05, 0) is 36.8 Å². The van der Waals surface area contributed by atoms with E-state index in [2.05, 4.69) is 6.26 Å². The predicted octanol–water partition coefficient (Wildman–Crippen LogP) is 2.68. The van der Waals surface area contributed by atoms with E-state index in [-0.39, 0.29) is 11.7 Å². The van der Waals surface area contributed by atoms with Crippen LogP contribution in [0.4, 0.5) is 0 Å². The van der Waals surface area contributed by atoms with E-state index in [9.17, 15) is 9.90 Å². The number of amides is 1. The Morgan fingerprint density at radius 2 is 2.26 bits per heavy atom. The second-order valence-corrected chi connectivity index (χ2v) is 6.20. The third kappa shape index (κ3) is 3.44. The Bertz CT molecular complexity index is 450. The first-order valence-electron chi connectivity index (χ1n) is 6.68. The molecular weight excluding hydrogens is 258 g/mol. The van der Waals surface area contributed by atoms with Gasteiger partial charge in [-0.3, -0.25) is 4.79 Å². The molecule has 0 unspecified atom stereocenters. The molecule has 1 amide bonds. The first kappa shape index (κ1) is 14.3. The molecule has 0 aromatic heterocycles. The van der Waals surface area contributed by atoms with E-state index in [4.69, 9.17) is 0 Å². The van der Waals surface area contributed by atoms with Crippen LogP contribution in [-0.2, 0) is 11.2 Å². The molecule has 1 aliphatic rings. The Hall–Kier alpha value is -1.16. The smallest absolute Gasteiger partial charge is 0.227 e. The zero-order chi connectivity index (χ0) is 13.8. The fraction of sp³-hybridized carbons (Fsp3) is 0.533. The molecule has 2 rings (SSSR count). The van der Waals surface area contributed by atoms with Crippen molar-refractivity contribution in [3.05, 3.63) is 29.8 Å². The number of aromatic hydroxyl groups is 1. The van der Waals surface area contributed by atoms with Crippen LogP contribution in [0.25, 0.3) is 0 Å². The summed E-state index contributed by atoms with van der Waals surface area (Å²) < 4.78 is 0. The van der Waals surface area contributed by atoms with Crippen molar-refractivity contribution in [2.75, 3.05) is 13.3 Å². The molecule has 4 heteroatoms. The van der Waals surface area contributed by atoms with Crippen molar-refractivity contribution in [1.82, 2.24) is 4.90 Å². The maximum absolute atomic E-state index is 12.3. The van der Waals surface area contributed by atoms with Gasteiger partial charge >= 0.3 is 0 Å². The van der Waals surface area contributed by atoms with E-state index in [1.54, 1.807) is 18.2 Å². The number of likely N-dealkylation sites (N-methyl/N-ethyl adjacent to an activating group) is 1. The van der Waals surface area contributed by atoms with E-state index in [0.29, 0.717) is 17.7 Å². The van der Waals surface area contributed by atoms with Crippen molar-refractivity contribution in [2.45, 2.75) is 37.0 Å². The number of nitrogens with zero attached hydrogens (tertiary/aromatic N) is 1. The molecule has 0 bridgehead atoms. The largest absolute Gasteiger partial charge is 0.508 e. The highest BCUT2D eigenvalue weighted by molar-refractivity contribution is 7.99. The summed E-state index contributed by atoms with van der Waals surface area (Å²) in [6, 6.07) is 7.30. The van der Waals surface area contributed by atoms with Crippen molar-refractivity contribution >= 4 is 17.7 Å². The average molecular weight is 279 g/mol. The molecule has 19 heavy (non-hydrogen) atoms. The standard InChI is InChI=1S/C15H21NO2S/c1-16(13-7-4-8-14(13)19-2)15(18)10-11-5-3-6-12(17)9-11/h3,5-6,9,13-14,17H,4,7-8,10H2,1-2H3/t13-,14-/m1/s1. The number of thioether (sulfide) groups is 1. The van der Waals surface area contributed by atoms with Crippen LogP contribution in [0.2, 0.25) is 0 Å². The fourth-order valence-electron chi connectivity index (χ4n) is 2.78. The van der Waals surface area contributed by atoms with Gasteiger partial charge in [-0.2, -0.15) is 11.8 Å². The molecule has 1 aromatic carbocycles. The lowest BCUT2D eigenvalue weighted by Crippen LogP contribution is -2.41. The van der Waals surface area contributed by atoms with Crippen LogP contribution in [0.5, 0.6) is 5.75 Å². The van der Waals surface area contributed by atoms with Gasteiger partial charge in [0, 0.05) is 18.3 Å². The van der Waals surface area contributed by atoms with Crippen LogP contribution in [0.15, 0.2) is 24.3 Å². The monoisotopic (exact) mass is 279 g/mol. The molecule has 0 radical (unpaired) electrons. The first-order valence-corrected chi connectivity index (χ1v) is 7.97. The van der Waals surface area contributed by atoms with Gasteiger partial charge < -0.3 is 10.0 Å². The van der Waals surface area contributed by atoms with Crippen molar-refractivity contribution in [3.63, 3.8) is 0 Å². The third-order valence-corrected chi connectivity index (χ3v) is 5.03. The minimum Gasteiger partial charge on any atom is -0.508 e. The number of carbonyl (C=O) groups excluding carboxylic acids is 1. The highest BCUT2D eigenvalue weighted by Crippen LogP contribution is 2.31. The molecule has 3 nitrogen and oxygen atoms in total. The van der Waals surface area contributed by atoms with Crippen LogP contribution >= 0.6 is 11.8 Å². The number of hydrogen-bond acceptors (Lipinski definition) is 3. The van der Waals surface area contributed by atoms with Crippen molar-refractivity contribution in [2.24, 2.45) is 0 Å². The van der Waals surface area contributed by atoms with E-state index in [1.807, 2.05) is 29.8 Å². The molecule has 0 aliphatic heterocycles. The van der Waals surface area contributed by atoms with E-state index in [0.717, 1.165) is 12.0 Å². The fourth-order valence-corrected chi connectivity index (χ4v) is 3.81. The second kappa shape index (κ2) is 6.33. The van der Waals surface area contributed by atoms with Gasteiger partial charge in [-0.1, -0.05) is 18.6 Å². The molecule has 1 fully saturated rings. The summed E-state index contributed by atoms with van der Waals surface area (Å²) in [6.07, 6.45) is 6.00.